The highest BCUT2D eigenvalue weighted by molar-refractivity contribution is 7.49. The summed E-state index contributed by atoms with van der Waals surface area (Å²) in [7, 11) is -5.52. The predicted octanol–water partition coefficient (Wildman–Crippen LogP) is 4.78. The molecule has 0 saturated heterocycles. The van der Waals surface area contributed by atoms with Gasteiger partial charge in [-0.25, -0.2) is 0 Å². The van der Waals surface area contributed by atoms with Crippen LogP contribution in [0.2, 0.25) is 0 Å². The van der Waals surface area contributed by atoms with Gasteiger partial charge in [0.15, 0.2) is 0 Å². The fraction of sp³-hybridized carbons (Fsp3) is 0. The number of hydrogen-bond donors (Lipinski definition) is 0. The van der Waals surface area contributed by atoms with Gasteiger partial charge in [-0.1, -0.05) is 0 Å². The molecule has 0 spiro atoms. The quantitative estimate of drug-likeness (QED) is 0.154. The van der Waals surface area contributed by atoms with Crippen LogP contribution < -0.4 is 13.6 Å². The minimum atomic E-state index is -5.52. The van der Waals surface area contributed by atoms with Gasteiger partial charge in [0.1, 0.15) is 17.2 Å². The first-order chi connectivity index (χ1) is 19.1. The Bertz CT molecular complexity index is 1400. The Morgan fingerprint density at radius 1 is 0.390 bits per heavy atom. The minimum Gasteiger partial charge on any atom is -0.385 e. The maximum absolute atomic E-state index is 13.7. The number of nitro benzene ring substituents is 6. The summed E-state index contributed by atoms with van der Waals surface area (Å²) < 4.78 is 28.8. The Morgan fingerprint density at radius 3 is 0.707 bits per heavy atom. The molecular weight excluding hydrogens is 587 g/mol. The second-order valence-corrected chi connectivity index (χ2v) is 8.76. The Hall–Kier alpha value is -6.31. The number of phosphoric ester groups is 1. The van der Waals surface area contributed by atoms with E-state index < -0.39 is 88.7 Å². The number of phosphoric acid groups is 1. The molecule has 0 aliphatic carbocycles. The van der Waals surface area contributed by atoms with Crippen LogP contribution in [0.25, 0.3) is 0 Å². The smallest absolute Gasteiger partial charge is 0.385 e. The molecule has 23 heteroatoms. The van der Waals surface area contributed by atoms with Crippen molar-refractivity contribution in [2.24, 2.45) is 0 Å². The average Bonchev–Trinajstić information content (AvgIpc) is 2.87. The van der Waals surface area contributed by atoms with Crippen molar-refractivity contribution < 1.29 is 47.7 Å². The molecule has 0 bridgehead atoms. The number of hydrogen-bond acceptors (Lipinski definition) is 16. The Labute approximate surface area is 222 Å². The molecule has 0 atom stereocenters. The average molecular weight is 596 g/mol. The van der Waals surface area contributed by atoms with E-state index in [2.05, 4.69) is 0 Å². The standard InChI is InChI=1S/C18H9N6O16P/c25-19(26)10-1-11(20(27)28)5-16(4-10)38-41(37,39-17-6-12(21(29)30)2-13(7-17)22(31)32)40-18-8-14(23(33)34)3-15(9-18)24(35)36/h1-9H. The molecule has 3 rings (SSSR count). The SMILES string of the molecule is O=[N+]([O-])c1cc(OP(=O)(Oc2cc([N+](=O)[O-])cc([N+](=O)[O-])c2)Oc2cc([N+](=O)[O-])cc([N+](=O)[O-])c2)cc([N+](=O)[O-])c1. The van der Waals surface area contributed by atoms with Gasteiger partial charge in [0.2, 0.25) is 0 Å². The molecule has 41 heavy (non-hydrogen) atoms. The van der Waals surface area contributed by atoms with E-state index in [1.165, 1.54) is 0 Å². The molecule has 0 saturated carbocycles. The van der Waals surface area contributed by atoms with Crippen molar-refractivity contribution in [3.63, 3.8) is 0 Å². The Kier molecular flexibility index (Phi) is 7.99. The van der Waals surface area contributed by atoms with Crippen molar-refractivity contribution in [3.8, 4) is 17.2 Å². The van der Waals surface area contributed by atoms with Gasteiger partial charge in [-0.2, -0.15) is 4.57 Å². The molecule has 0 radical (unpaired) electrons. The van der Waals surface area contributed by atoms with E-state index in [1.54, 1.807) is 0 Å². The zero-order chi connectivity index (χ0) is 30.6. The fourth-order valence-electron chi connectivity index (χ4n) is 2.94. The van der Waals surface area contributed by atoms with Crippen molar-refractivity contribution in [1.82, 2.24) is 0 Å². The molecule has 0 aliphatic heterocycles. The van der Waals surface area contributed by atoms with Crippen LogP contribution in [0.15, 0.2) is 54.6 Å². The second kappa shape index (κ2) is 11.2. The maximum Gasteiger partial charge on any atom is 0.647 e. The van der Waals surface area contributed by atoms with E-state index in [-0.39, 0.29) is 0 Å². The minimum absolute atomic E-state index is 0.493. The third-order valence-corrected chi connectivity index (χ3v) is 5.85. The van der Waals surface area contributed by atoms with E-state index in [9.17, 15) is 65.3 Å². The zero-order valence-electron chi connectivity index (χ0n) is 19.4. The van der Waals surface area contributed by atoms with Crippen LogP contribution in [-0.2, 0) is 4.57 Å². The Morgan fingerprint density at radius 2 is 0.561 bits per heavy atom. The third kappa shape index (κ3) is 7.17. The molecule has 22 nitrogen and oxygen atoms in total. The molecule has 212 valence electrons. The first kappa shape index (κ1) is 29.2. The maximum atomic E-state index is 13.7. The highest BCUT2D eigenvalue weighted by Crippen LogP contribution is 2.52. The van der Waals surface area contributed by atoms with Crippen LogP contribution in [0.3, 0.4) is 0 Å². The Balaban J connectivity index is 2.21. The number of rotatable bonds is 12. The summed E-state index contributed by atoms with van der Waals surface area (Å²) >= 11 is 0. The largest absolute Gasteiger partial charge is 0.647 e. The summed E-state index contributed by atoms with van der Waals surface area (Å²) in [5, 5.41) is 67.3. The van der Waals surface area contributed by atoms with E-state index in [1.807, 2.05) is 0 Å². The van der Waals surface area contributed by atoms with Crippen LogP contribution in [0.5, 0.6) is 17.2 Å². The lowest BCUT2D eigenvalue weighted by Crippen LogP contribution is -2.09. The van der Waals surface area contributed by atoms with Crippen LogP contribution in [0, 0.1) is 60.7 Å². The van der Waals surface area contributed by atoms with E-state index in [4.69, 9.17) is 13.6 Å². The third-order valence-electron chi connectivity index (χ3n) is 4.54. The van der Waals surface area contributed by atoms with Crippen LogP contribution >= 0.6 is 7.82 Å². The topological polar surface area (TPSA) is 304 Å². The predicted molar refractivity (Wildman–Crippen MR) is 129 cm³/mol. The summed E-state index contributed by atoms with van der Waals surface area (Å²) in [6.07, 6.45) is 0. The summed E-state index contributed by atoms with van der Waals surface area (Å²) in [5.41, 5.74) is -5.76. The lowest BCUT2D eigenvalue weighted by Gasteiger charge is -2.19. The molecule has 0 unspecified atom stereocenters. The lowest BCUT2D eigenvalue weighted by atomic mass is 10.2. The van der Waals surface area contributed by atoms with Crippen molar-refractivity contribution in [1.29, 1.82) is 0 Å². The van der Waals surface area contributed by atoms with Gasteiger partial charge in [-0.05, 0) is 0 Å². The fourth-order valence-corrected chi connectivity index (χ4v) is 4.14. The van der Waals surface area contributed by atoms with Gasteiger partial charge in [-0.3, -0.25) is 60.7 Å². The van der Waals surface area contributed by atoms with Crippen LogP contribution in [0.4, 0.5) is 34.1 Å². The molecule has 3 aromatic rings. The molecular formula is C18H9N6O16P. The molecule has 0 N–H and O–H groups in total. The molecule has 0 aromatic heterocycles. The first-order valence-electron chi connectivity index (χ1n) is 10.1. The van der Waals surface area contributed by atoms with Gasteiger partial charge < -0.3 is 13.6 Å². The highest BCUT2D eigenvalue weighted by Gasteiger charge is 2.37. The summed E-state index contributed by atoms with van der Waals surface area (Å²) in [5.74, 6) is -2.81. The van der Waals surface area contributed by atoms with E-state index in [0.29, 0.717) is 54.6 Å². The van der Waals surface area contributed by atoms with Crippen LogP contribution in [-0.4, -0.2) is 29.5 Å². The number of nitrogens with zero attached hydrogens (tertiary/aromatic N) is 6. The summed E-state index contributed by atoms with van der Waals surface area (Å²) in [4.78, 5) is 60.7. The lowest BCUT2D eigenvalue weighted by molar-refractivity contribution is -0.394. The van der Waals surface area contributed by atoms with Gasteiger partial charge >= 0.3 is 7.82 Å². The number of nitro groups is 6. The number of non-ortho nitro benzene ring substituents is 6. The zero-order valence-corrected chi connectivity index (χ0v) is 20.3. The molecule has 0 aliphatic rings. The van der Waals surface area contributed by atoms with Gasteiger partial charge in [0.25, 0.3) is 34.1 Å². The van der Waals surface area contributed by atoms with Gasteiger partial charge in [0.05, 0.1) is 84.1 Å². The van der Waals surface area contributed by atoms with Crippen molar-refractivity contribution in [3.05, 3.63) is 115 Å². The van der Waals surface area contributed by atoms with Crippen molar-refractivity contribution in [2.45, 2.75) is 0 Å². The highest BCUT2D eigenvalue weighted by atomic mass is 31.2. The molecule has 0 amide bonds. The normalized spacial score (nSPS) is 10.7. The van der Waals surface area contributed by atoms with Crippen molar-refractivity contribution in [2.75, 3.05) is 0 Å². The van der Waals surface area contributed by atoms with Gasteiger partial charge in [-0.15, -0.1) is 0 Å². The van der Waals surface area contributed by atoms with E-state index in [0.717, 1.165) is 0 Å². The van der Waals surface area contributed by atoms with E-state index >= 15 is 0 Å². The van der Waals surface area contributed by atoms with Crippen molar-refractivity contribution >= 4 is 41.9 Å². The summed E-state index contributed by atoms with van der Waals surface area (Å²) in [6, 6.07) is 4.55. The monoisotopic (exact) mass is 596 g/mol. The molecule has 0 heterocycles. The van der Waals surface area contributed by atoms with Crippen LogP contribution in [0.1, 0.15) is 0 Å². The van der Waals surface area contributed by atoms with Gasteiger partial charge in [0, 0.05) is 0 Å². The molecule has 0 fully saturated rings. The molecule has 3 aromatic carbocycles. The number of benzene rings is 3. The first-order valence-corrected chi connectivity index (χ1v) is 11.5. The second-order valence-electron chi connectivity index (χ2n) is 7.32. The summed E-state index contributed by atoms with van der Waals surface area (Å²) in [6.45, 7) is 0.